The van der Waals surface area contributed by atoms with E-state index in [1.807, 2.05) is 0 Å². The molecule has 0 radical (unpaired) electrons. The highest BCUT2D eigenvalue weighted by Crippen LogP contribution is 2.32. The number of phenols is 3. The number of aromatic carboxylic acids is 1. The van der Waals surface area contributed by atoms with Gasteiger partial charge in [-0.3, -0.25) is 14.6 Å². The summed E-state index contributed by atoms with van der Waals surface area (Å²) >= 11 is 0. The van der Waals surface area contributed by atoms with Crippen molar-refractivity contribution in [3.8, 4) is 17.2 Å². The molecule has 0 spiro atoms. The van der Waals surface area contributed by atoms with E-state index in [4.69, 9.17) is 4.74 Å². The number of carboxylic acid groups (broad SMARTS) is 1. The van der Waals surface area contributed by atoms with Crippen molar-refractivity contribution in [2.75, 3.05) is 13.1 Å². The Morgan fingerprint density at radius 3 is 2.33 bits per heavy atom. The summed E-state index contributed by atoms with van der Waals surface area (Å²) < 4.78 is 5.64. The quantitative estimate of drug-likeness (QED) is 0.191. The molecule has 1 fully saturated rings. The lowest BCUT2D eigenvalue weighted by molar-refractivity contribution is 0.0191. The number of nitrogens with one attached hydrogen (secondary N) is 2. The topological polar surface area (TPSA) is 195 Å². The molecule has 2 heterocycles. The summed E-state index contributed by atoms with van der Waals surface area (Å²) in [5.41, 5.74) is -1.50. The third-order valence-corrected chi connectivity index (χ3v) is 6.17. The number of hydrogen-bond donors (Lipinski definition) is 6. The van der Waals surface area contributed by atoms with Crippen LogP contribution in [0, 0.1) is 0 Å². The van der Waals surface area contributed by atoms with E-state index in [0.29, 0.717) is 31.5 Å². The smallest absolute Gasteiger partial charge is 0.338 e. The molecule has 1 aliphatic heterocycles. The van der Waals surface area contributed by atoms with Gasteiger partial charge in [0.05, 0.1) is 17.2 Å². The molecule has 0 bridgehead atoms. The van der Waals surface area contributed by atoms with Gasteiger partial charge in [0.25, 0.3) is 5.91 Å². The van der Waals surface area contributed by atoms with Crippen molar-refractivity contribution in [1.29, 1.82) is 0 Å². The molecule has 0 saturated carbocycles. The number of nitrogens with zero attached hydrogens (tertiary/aromatic N) is 1. The number of rotatable bonds is 7. The monoisotopic (exact) mass is 535 g/mol. The molecule has 1 aliphatic rings. The molecule has 1 unspecified atom stereocenters. The Balaban J connectivity index is 1.53. The minimum atomic E-state index is -1.42. The predicted molar refractivity (Wildman–Crippen MR) is 135 cm³/mol. The molecule has 3 aromatic rings. The van der Waals surface area contributed by atoms with Gasteiger partial charge in [-0.2, -0.15) is 0 Å². The molecular weight excluding hydrogens is 510 g/mol. The van der Waals surface area contributed by atoms with Crippen LogP contribution in [-0.4, -0.2) is 74.3 Å². The molecule has 1 aromatic heterocycles. The lowest BCUT2D eigenvalue weighted by Crippen LogP contribution is -2.49. The van der Waals surface area contributed by atoms with Crippen LogP contribution in [0.3, 0.4) is 0 Å². The van der Waals surface area contributed by atoms with E-state index in [2.05, 4.69) is 15.6 Å². The average Bonchev–Trinajstić information content (AvgIpc) is 3.13. The standard InChI is InChI=1S/C27H25N3O9/c31-16-7-5-14(6-8-16)25(35)30-18-13-28-9-2-4-21(18)39-27(38)15-11-19(32)22(20(33)12-15)24(34)23-17(26(36)37)3-1-10-29-23/h1,3,5-8,10-12,18,21,28,31-33H,2,4,9,13H2,(H,30,35)(H,36,37)/t18?,21-/m1/s1. The van der Waals surface area contributed by atoms with Gasteiger partial charge in [0.15, 0.2) is 0 Å². The fourth-order valence-electron chi connectivity index (χ4n) is 4.21. The third kappa shape index (κ3) is 6.13. The highest BCUT2D eigenvalue weighted by atomic mass is 16.5. The Morgan fingerprint density at radius 1 is 0.974 bits per heavy atom. The molecule has 12 nitrogen and oxygen atoms in total. The number of benzene rings is 2. The number of hydrogen-bond acceptors (Lipinski definition) is 10. The molecule has 1 saturated heterocycles. The molecule has 6 N–H and O–H groups in total. The molecule has 1 amide bonds. The molecule has 12 heteroatoms. The molecule has 4 rings (SSSR count). The highest BCUT2D eigenvalue weighted by molar-refractivity contribution is 6.16. The van der Waals surface area contributed by atoms with Crippen LogP contribution in [0.1, 0.15) is 60.0 Å². The van der Waals surface area contributed by atoms with Crippen LogP contribution in [-0.2, 0) is 4.74 Å². The third-order valence-electron chi connectivity index (χ3n) is 6.17. The van der Waals surface area contributed by atoms with E-state index in [1.165, 1.54) is 36.5 Å². The van der Waals surface area contributed by atoms with Gasteiger partial charge in [-0.05, 0) is 67.9 Å². The molecule has 2 atom stereocenters. The first kappa shape index (κ1) is 27.1. The number of carboxylic acids is 1. The first-order chi connectivity index (χ1) is 18.7. The maximum atomic E-state index is 13.0. The fraction of sp³-hybridized carbons (Fsp3) is 0.222. The zero-order chi connectivity index (χ0) is 28.1. The Morgan fingerprint density at radius 2 is 1.67 bits per heavy atom. The number of ketones is 1. The van der Waals surface area contributed by atoms with E-state index < -0.39 is 64.1 Å². The van der Waals surface area contributed by atoms with Gasteiger partial charge in [0.2, 0.25) is 5.78 Å². The second-order valence-corrected chi connectivity index (χ2v) is 8.84. The minimum absolute atomic E-state index is 0.0103. The summed E-state index contributed by atoms with van der Waals surface area (Å²) in [6, 6.07) is 9.38. The molecule has 202 valence electrons. The Bertz CT molecular complexity index is 1400. The summed E-state index contributed by atoms with van der Waals surface area (Å²) in [6.07, 6.45) is 1.48. The largest absolute Gasteiger partial charge is 0.508 e. The fourth-order valence-corrected chi connectivity index (χ4v) is 4.21. The Kier molecular flexibility index (Phi) is 8.06. The van der Waals surface area contributed by atoms with Gasteiger partial charge in [-0.25, -0.2) is 9.59 Å². The van der Waals surface area contributed by atoms with E-state index in [9.17, 15) is 39.6 Å². The summed E-state index contributed by atoms with van der Waals surface area (Å²) in [4.78, 5) is 53.8. The van der Waals surface area contributed by atoms with Crippen LogP contribution in [0.15, 0.2) is 54.7 Å². The average molecular weight is 536 g/mol. The van der Waals surface area contributed by atoms with Gasteiger partial charge in [0, 0.05) is 18.3 Å². The van der Waals surface area contributed by atoms with Crippen LogP contribution >= 0.6 is 0 Å². The van der Waals surface area contributed by atoms with Crippen molar-refractivity contribution < 1.29 is 44.3 Å². The molecule has 2 aromatic carbocycles. The second-order valence-electron chi connectivity index (χ2n) is 8.84. The van der Waals surface area contributed by atoms with Crippen molar-refractivity contribution in [3.05, 3.63) is 82.7 Å². The number of aromatic nitrogens is 1. The molecular formula is C27H25N3O9. The lowest BCUT2D eigenvalue weighted by atomic mass is 10.00. The van der Waals surface area contributed by atoms with Crippen molar-refractivity contribution >= 4 is 23.6 Å². The first-order valence-corrected chi connectivity index (χ1v) is 12.0. The summed E-state index contributed by atoms with van der Waals surface area (Å²) in [5.74, 6) is -5.35. The summed E-state index contributed by atoms with van der Waals surface area (Å²) in [5, 5.41) is 45.8. The van der Waals surface area contributed by atoms with Crippen molar-refractivity contribution in [3.63, 3.8) is 0 Å². The lowest BCUT2D eigenvalue weighted by Gasteiger charge is -2.26. The van der Waals surface area contributed by atoms with Crippen LogP contribution in [0.2, 0.25) is 0 Å². The number of phenolic OH excluding ortho intramolecular Hbond substituents is 3. The predicted octanol–water partition coefficient (Wildman–Crippen LogP) is 1.83. The summed E-state index contributed by atoms with van der Waals surface area (Å²) in [7, 11) is 0. The summed E-state index contributed by atoms with van der Waals surface area (Å²) in [6.45, 7) is 0.936. The number of carbonyl (C=O) groups excluding carboxylic acids is 3. The van der Waals surface area contributed by atoms with E-state index >= 15 is 0 Å². The van der Waals surface area contributed by atoms with Crippen LogP contribution in [0.5, 0.6) is 17.2 Å². The SMILES string of the molecule is O=C(NC1CNCCC[C@H]1OC(=O)c1cc(O)c(C(=O)c2ncccc2C(=O)O)c(O)c1)c1ccc(O)cc1. The number of carbonyl (C=O) groups is 4. The number of ether oxygens (including phenoxy) is 1. The molecule has 39 heavy (non-hydrogen) atoms. The Labute approximate surface area is 221 Å². The van der Waals surface area contributed by atoms with Gasteiger partial charge in [0.1, 0.15) is 34.6 Å². The van der Waals surface area contributed by atoms with E-state index in [0.717, 1.165) is 18.2 Å². The van der Waals surface area contributed by atoms with Gasteiger partial charge >= 0.3 is 11.9 Å². The van der Waals surface area contributed by atoms with Gasteiger partial charge in [-0.1, -0.05) is 0 Å². The van der Waals surface area contributed by atoms with Gasteiger partial charge in [-0.15, -0.1) is 0 Å². The van der Waals surface area contributed by atoms with E-state index in [-0.39, 0.29) is 11.3 Å². The zero-order valence-corrected chi connectivity index (χ0v) is 20.5. The molecule has 0 aliphatic carbocycles. The van der Waals surface area contributed by atoms with Gasteiger partial charge < -0.3 is 35.8 Å². The van der Waals surface area contributed by atoms with Crippen molar-refractivity contribution in [2.45, 2.75) is 25.0 Å². The van der Waals surface area contributed by atoms with E-state index in [1.54, 1.807) is 0 Å². The van der Waals surface area contributed by atoms with Crippen molar-refractivity contribution in [1.82, 2.24) is 15.6 Å². The normalized spacial score (nSPS) is 17.0. The maximum Gasteiger partial charge on any atom is 0.338 e. The van der Waals surface area contributed by atoms with Crippen LogP contribution in [0.25, 0.3) is 0 Å². The maximum absolute atomic E-state index is 13.0. The zero-order valence-electron chi connectivity index (χ0n) is 20.5. The Hall–Kier alpha value is -4.97. The number of aromatic hydroxyl groups is 3. The highest BCUT2D eigenvalue weighted by Gasteiger charge is 2.31. The van der Waals surface area contributed by atoms with Crippen LogP contribution < -0.4 is 10.6 Å². The van der Waals surface area contributed by atoms with Crippen molar-refractivity contribution in [2.24, 2.45) is 0 Å². The number of pyridine rings is 1. The van der Waals surface area contributed by atoms with Crippen LogP contribution in [0.4, 0.5) is 0 Å². The number of amides is 1. The second kappa shape index (κ2) is 11.6. The number of esters is 1. The minimum Gasteiger partial charge on any atom is -0.508 e. The first-order valence-electron chi connectivity index (χ1n) is 12.0.